The lowest BCUT2D eigenvalue weighted by atomic mass is 10.2. The lowest BCUT2D eigenvalue weighted by Gasteiger charge is -2.35. The molecular formula is C17H17N7S. The molecule has 4 aromatic rings. The van der Waals surface area contributed by atoms with Crippen LogP contribution in [0.2, 0.25) is 0 Å². The fraction of sp³-hybridized carbons (Fsp3) is 0.294. The van der Waals surface area contributed by atoms with Gasteiger partial charge in [0.1, 0.15) is 6.33 Å². The summed E-state index contributed by atoms with van der Waals surface area (Å²) in [4.78, 5) is 14.0. The van der Waals surface area contributed by atoms with Crippen molar-refractivity contribution in [2.45, 2.75) is 6.92 Å². The Morgan fingerprint density at radius 1 is 1.08 bits per heavy atom. The Morgan fingerprint density at radius 3 is 2.76 bits per heavy atom. The van der Waals surface area contributed by atoms with Crippen LogP contribution < -0.4 is 9.80 Å². The number of fused-ring (bicyclic) bond motifs is 2. The molecule has 4 heterocycles. The summed E-state index contributed by atoms with van der Waals surface area (Å²) in [7, 11) is 0. The Morgan fingerprint density at radius 2 is 1.92 bits per heavy atom. The molecule has 1 saturated heterocycles. The van der Waals surface area contributed by atoms with E-state index in [1.165, 1.54) is 10.3 Å². The van der Waals surface area contributed by atoms with E-state index >= 15 is 0 Å². The molecule has 1 aromatic carbocycles. The van der Waals surface area contributed by atoms with Crippen molar-refractivity contribution < 1.29 is 0 Å². The molecule has 0 saturated carbocycles. The summed E-state index contributed by atoms with van der Waals surface area (Å²) in [5.41, 5.74) is 3.17. The van der Waals surface area contributed by atoms with Crippen LogP contribution in [0.4, 0.5) is 10.9 Å². The van der Waals surface area contributed by atoms with E-state index in [-0.39, 0.29) is 0 Å². The molecule has 126 valence electrons. The largest absolute Gasteiger partial charge is 0.350 e. The summed E-state index contributed by atoms with van der Waals surface area (Å²) in [6.45, 7) is 5.77. The molecule has 0 N–H and O–H groups in total. The maximum atomic E-state index is 4.86. The minimum atomic E-state index is 0.812. The van der Waals surface area contributed by atoms with Crippen molar-refractivity contribution in [2.75, 3.05) is 36.0 Å². The molecule has 8 heteroatoms. The van der Waals surface area contributed by atoms with E-state index in [2.05, 4.69) is 50.1 Å². The van der Waals surface area contributed by atoms with Crippen molar-refractivity contribution >= 4 is 38.2 Å². The van der Waals surface area contributed by atoms with E-state index in [4.69, 9.17) is 4.98 Å². The maximum absolute atomic E-state index is 4.86. The Bertz CT molecular complexity index is 1050. The summed E-state index contributed by atoms with van der Waals surface area (Å²) in [6.07, 6.45) is 5.38. The zero-order valence-electron chi connectivity index (χ0n) is 13.8. The van der Waals surface area contributed by atoms with E-state index < -0.39 is 0 Å². The van der Waals surface area contributed by atoms with Gasteiger partial charge >= 0.3 is 0 Å². The molecule has 0 radical (unpaired) electrons. The number of rotatable bonds is 2. The highest BCUT2D eigenvalue weighted by atomic mass is 32.1. The number of piperazine rings is 1. The first-order valence-electron chi connectivity index (χ1n) is 8.30. The number of nitrogens with zero attached hydrogens (tertiary/aromatic N) is 7. The van der Waals surface area contributed by atoms with Crippen LogP contribution in [0.3, 0.4) is 0 Å². The summed E-state index contributed by atoms with van der Waals surface area (Å²) < 4.78 is 3.16. The topological polar surface area (TPSA) is 62.5 Å². The van der Waals surface area contributed by atoms with Crippen molar-refractivity contribution in [3.05, 3.63) is 42.5 Å². The van der Waals surface area contributed by atoms with Crippen molar-refractivity contribution in [3.63, 3.8) is 0 Å². The van der Waals surface area contributed by atoms with E-state index in [9.17, 15) is 0 Å². The van der Waals surface area contributed by atoms with E-state index in [0.29, 0.717) is 0 Å². The molecule has 5 rings (SSSR count). The molecule has 25 heavy (non-hydrogen) atoms. The molecule has 3 aromatic heterocycles. The number of hydrogen-bond acceptors (Lipinski definition) is 7. The molecule has 7 nitrogen and oxygen atoms in total. The van der Waals surface area contributed by atoms with E-state index in [1.54, 1.807) is 23.9 Å². The molecule has 0 unspecified atom stereocenters. The van der Waals surface area contributed by atoms with Gasteiger partial charge in [-0.3, -0.25) is 4.40 Å². The van der Waals surface area contributed by atoms with Crippen molar-refractivity contribution in [1.82, 2.24) is 24.6 Å². The van der Waals surface area contributed by atoms with Gasteiger partial charge in [0.25, 0.3) is 0 Å². The Hall–Kier alpha value is -2.74. The van der Waals surface area contributed by atoms with Crippen LogP contribution in [-0.2, 0) is 0 Å². The van der Waals surface area contributed by atoms with Crippen LogP contribution >= 0.6 is 11.3 Å². The second kappa shape index (κ2) is 5.66. The number of anilines is 2. The first-order valence-corrected chi connectivity index (χ1v) is 9.12. The normalized spacial score (nSPS) is 15.4. The quantitative estimate of drug-likeness (QED) is 0.552. The molecule has 1 fully saturated rings. The molecule has 0 bridgehead atoms. The van der Waals surface area contributed by atoms with Crippen LogP contribution in [0.15, 0.2) is 36.9 Å². The van der Waals surface area contributed by atoms with Gasteiger partial charge in [-0.15, -0.1) is 10.2 Å². The van der Waals surface area contributed by atoms with Gasteiger partial charge < -0.3 is 9.80 Å². The van der Waals surface area contributed by atoms with Gasteiger partial charge in [0.05, 0.1) is 10.2 Å². The summed E-state index contributed by atoms with van der Waals surface area (Å²) in [6, 6.07) is 6.37. The fourth-order valence-electron chi connectivity index (χ4n) is 3.29. The first kappa shape index (κ1) is 14.6. The summed E-state index contributed by atoms with van der Waals surface area (Å²) in [5, 5.41) is 9.28. The lowest BCUT2D eigenvalue weighted by Crippen LogP contribution is -2.47. The van der Waals surface area contributed by atoms with Crippen molar-refractivity contribution in [3.8, 4) is 0 Å². The fourth-order valence-corrected chi connectivity index (χ4v) is 4.38. The molecule has 1 aliphatic rings. The van der Waals surface area contributed by atoms with Crippen LogP contribution in [-0.4, -0.2) is 50.7 Å². The number of hydrogen-bond donors (Lipinski definition) is 0. The van der Waals surface area contributed by atoms with Crippen molar-refractivity contribution in [1.29, 1.82) is 0 Å². The average molecular weight is 351 g/mol. The summed E-state index contributed by atoms with van der Waals surface area (Å²) in [5.74, 6) is 0.903. The van der Waals surface area contributed by atoms with Crippen molar-refractivity contribution in [2.24, 2.45) is 0 Å². The minimum Gasteiger partial charge on any atom is -0.350 e. The Labute approximate surface area is 148 Å². The third-order valence-electron chi connectivity index (χ3n) is 4.66. The van der Waals surface area contributed by atoms with E-state index in [0.717, 1.165) is 48.3 Å². The SMILES string of the molecule is Cc1cccc2sc(N3CCN(c4nccn5cnnc45)CC3)nc12. The molecule has 0 aliphatic carbocycles. The van der Waals surface area contributed by atoms with Gasteiger partial charge in [-0.2, -0.15) is 0 Å². The number of benzene rings is 1. The zero-order chi connectivity index (χ0) is 16.8. The Kier molecular flexibility index (Phi) is 3.30. The summed E-state index contributed by atoms with van der Waals surface area (Å²) >= 11 is 1.77. The number of aromatic nitrogens is 5. The highest BCUT2D eigenvalue weighted by molar-refractivity contribution is 7.22. The average Bonchev–Trinajstić information content (AvgIpc) is 3.29. The van der Waals surface area contributed by atoms with Gasteiger partial charge in [0.2, 0.25) is 5.65 Å². The highest BCUT2D eigenvalue weighted by Gasteiger charge is 2.23. The molecular weight excluding hydrogens is 334 g/mol. The van der Waals surface area contributed by atoms with E-state index in [1.807, 2.05) is 10.6 Å². The van der Waals surface area contributed by atoms with Crippen LogP contribution in [0.25, 0.3) is 15.9 Å². The van der Waals surface area contributed by atoms with Crippen LogP contribution in [0, 0.1) is 6.92 Å². The number of aryl methyl sites for hydroxylation is 1. The van der Waals surface area contributed by atoms with Crippen LogP contribution in [0.1, 0.15) is 5.56 Å². The van der Waals surface area contributed by atoms with Gasteiger partial charge in [-0.1, -0.05) is 23.5 Å². The third-order valence-corrected chi connectivity index (χ3v) is 5.74. The lowest BCUT2D eigenvalue weighted by molar-refractivity contribution is 0.646. The minimum absolute atomic E-state index is 0.812. The predicted molar refractivity (Wildman–Crippen MR) is 99.6 cm³/mol. The van der Waals surface area contributed by atoms with Gasteiger partial charge in [0, 0.05) is 38.6 Å². The smallest absolute Gasteiger partial charge is 0.203 e. The highest BCUT2D eigenvalue weighted by Crippen LogP contribution is 2.31. The molecule has 0 amide bonds. The molecule has 1 aliphatic heterocycles. The first-order chi connectivity index (χ1) is 12.3. The zero-order valence-corrected chi connectivity index (χ0v) is 14.6. The standard InChI is InChI=1S/C17H17N7S/c1-12-3-2-4-13-14(12)20-17(25-13)23-9-7-22(8-10-23)15-16-21-19-11-24(16)6-5-18-15/h2-6,11H,7-10H2,1H3. The monoisotopic (exact) mass is 351 g/mol. The number of thiazole rings is 1. The third kappa shape index (κ3) is 2.41. The molecule has 0 spiro atoms. The van der Waals surface area contributed by atoms with Gasteiger partial charge in [0.15, 0.2) is 10.9 Å². The second-order valence-electron chi connectivity index (χ2n) is 6.20. The maximum Gasteiger partial charge on any atom is 0.203 e. The second-order valence-corrected chi connectivity index (χ2v) is 7.21. The molecule has 0 atom stereocenters. The predicted octanol–water partition coefficient (Wildman–Crippen LogP) is 2.37. The number of para-hydroxylation sites is 1. The van der Waals surface area contributed by atoms with Crippen LogP contribution in [0.5, 0.6) is 0 Å². The van der Waals surface area contributed by atoms with Gasteiger partial charge in [-0.05, 0) is 18.6 Å². The van der Waals surface area contributed by atoms with Gasteiger partial charge in [-0.25, -0.2) is 9.97 Å². The Balaban J connectivity index is 1.38.